The van der Waals surface area contributed by atoms with Crippen LogP contribution in [0.15, 0.2) is 47.6 Å². The SMILES string of the molecule is Cc1ccc(C2CC(CCN)=NN2c2cccc(C)c2C)cc1. The van der Waals surface area contributed by atoms with E-state index >= 15 is 0 Å². The van der Waals surface area contributed by atoms with E-state index in [1.165, 1.54) is 33.7 Å². The minimum atomic E-state index is 0.262. The van der Waals surface area contributed by atoms with Crippen molar-refractivity contribution in [1.82, 2.24) is 0 Å². The lowest BCUT2D eigenvalue weighted by Gasteiger charge is -2.26. The molecule has 0 radical (unpaired) electrons. The lowest BCUT2D eigenvalue weighted by molar-refractivity contribution is 0.705. The van der Waals surface area contributed by atoms with Gasteiger partial charge in [0.05, 0.1) is 11.7 Å². The number of nitrogens with two attached hydrogens (primary N) is 1. The fraction of sp³-hybridized carbons (Fsp3) is 0.350. The van der Waals surface area contributed by atoms with Crippen LogP contribution in [0.3, 0.4) is 0 Å². The maximum Gasteiger partial charge on any atom is 0.0828 e. The molecule has 120 valence electrons. The van der Waals surface area contributed by atoms with Crippen molar-refractivity contribution in [3.05, 3.63) is 64.7 Å². The highest BCUT2D eigenvalue weighted by atomic mass is 15.5. The Hall–Kier alpha value is -2.13. The molecule has 0 saturated heterocycles. The molecule has 3 heteroatoms. The molecular formula is C20H25N3. The van der Waals surface area contributed by atoms with Crippen molar-refractivity contribution in [3.8, 4) is 0 Å². The van der Waals surface area contributed by atoms with Crippen molar-refractivity contribution >= 4 is 11.4 Å². The van der Waals surface area contributed by atoms with Crippen molar-refractivity contribution in [2.45, 2.75) is 39.7 Å². The molecule has 0 bridgehead atoms. The van der Waals surface area contributed by atoms with Gasteiger partial charge in [-0.05, 0) is 56.5 Å². The van der Waals surface area contributed by atoms with Crippen LogP contribution in [-0.2, 0) is 0 Å². The zero-order valence-electron chi connectivity index (χ0n) is 14.2. The molecule has 2 aromatic carbocycles. The Balaban J connectivity index is 2.01. The molecule has 0 fully saturated rings. The number of benzene rings is 2. The Morgan fingerprint density at radius 3 is 2.52 bits per heavy atom. The Bertz CT molecular complexity index is 716. The summed E-state index contributed by atoms with van der Waals surface area (Å²) in [6.45, 7) is 7.10. The quantitative estimate of drug-likeness (QED) is 0.916. The van der Waals surface area contributed by atoms with Crippen molar-refractivity contribution in [2.24, 2.45) is 10.8 Å². The summed E-state index contributed by atoms with van der Waals surface area (Å²) < 4.78 is 0. The number of anilines is 1. The van der Waals surface area contributed by atoms with Gasteiger partial charge < -0.3 is 5.73 Å². The summed E-state index contributed by atoms with van der Waals surface area (Å²) in [6.07, 6.45) is 1.82. The van der Waals surface area contributed by atoms with E-state index in [9.17, 15) is 0 Å². The van der Waals surface area contributed by atoms with Gasteiger partial charge in [-0.1, -0.05) is 42.0 Å². The second kappa shape index (κ2) is 6.55. The van der Waals surface area contributed by atoms with Crippen LogP contribution in [0.4, 0.5) is 5.69 Å². The maximum absolute atomic E-state index is 5.75. The van der Waals surface area contributed by atoms with Crippen molar-refractivity contribution in [3.63, 3.8) is 0 Å². The smallest absolute Gasteiger partial charge is 0.0828 e. The highest BCUT2D eigenvalue weighted by Crippen LogP contribution is 2.37. The first-order valence-corrected chi connectivity index (χ1v) is 8.28. The van der Waals surface area contributed by atoms with E-state index in [1.54, 1.807) is 0 Å². The Labute approximate surface area is 138 Å². The summed E-state index contributed by atoms with van der Waals surface area (Å²) >= 11 is 0. The third-order valence-electron chi connectivity index (χ3n) is 4.69. The van der Waals surface area contributed by atoms with Gasteiger partial charge in [-0.25, -0.2) is 0 Å². The summed E-state index contributed by atoms with van der Waals surface area (Å²) in [5.74, 6) is 0. The normalized spacial score (nSPS) is 17.5. The van der Waals surface area contributed by atoms with E-state index in [4.69, 9.17) is 10.8 Å². The van der Waals surface area contributed by atoms with Crippen LogP contribution in [0.1, 0.15) is 41.1 Å². The lowest BCUT2D eigenvalue weighted by Crippen LogP contribution is -2.19. The average Bonchev–Trinajstić information content (AvgIpc) is 2.95. The zero-order chi connectivity index (χ0) is 16.4. The Morgan fingerprint density at radius 1 is 1.09 bits per heavy atom. The molecule has 0 saturated carbocycles. The van der Waals surface area contributed by atoms with Crippen molar-refractivity contribution < 1.29 is 0 Å². The minimum Gasteiger partial charge on any atom is -0.330 e. The van der Waals surface area contributed by atoms with Crippen LogP contribution in [0.25, 0.3) is 0 Å². The lowest BCUT2D eigenvalue weighted by atomic mass is 9.98. The van der Waals surface area contributed by atoms with Crippen molar-refractivity contribution in [1.29, 1.82) is 0 Å². The molecule has 2 aromatic rings. The topological polar surface area (TPSA) is 41.6 Å². The van der Waals surface area contributed by atoms with Gasteiger partial charge in [0, 0.05) is 12.1 Å². The molecule has 1 unspecified atom stereocenters. The van der Waals surface area contributed by atoms with E-state index in [0.29, 0.717) is 6.54 Å². The molecule has 1 aliphatic rings. The second-order valence-electron chi connectivity index (χ2n) is 6.40. The fourth-order valence-electron chi connectivity index (χ4n) is 3.14. The summed E-state index contributed by atoms with van der Waals surface area (Å²) in [4.78, 5) is 0. The highest BCUT2D eigenvalue weighted by Gasteiger charge is 2.29. The van der Waals surface area contributed by atoms with Gasteiger partial charge >= 0.3 is 0 Å². The van der Waals surface area contributed by atoms with Crippen LogP contribution in [0.5, 0.6) is 0 Å². The van der Waals surface area contributed by atoms with Gasteiger partial charge in [0.1, 0.15) is 0 Å². The number of aryl methyl sites for hydroxylation is 2. The second-order valence-corrected chi connectivity index (χ2v) is 6.40. The molecule has 0 spiro atoms. The molecular weight excluding hydrogens is 282 g/mol. The van der Waals surface area contributed by atoms with E-state index in [2.05, 4.69) is 68.2 Å². The number of nitrogens with zero attached hydrogens (tertiary/aromatic N) is 2. The molecule has 3 nitrogen and oxygen atoms in total. The van der Waals surface area contributed by atoms with Crippen LogP contribution in [0, 0.1) is 20.8 Å². The van der Waals surface area contributed by atoms with E-state index in [-0.39, 0.29) is 6.04 Å². The van der Waals surface area contributed by atoms with Crippen molar-refractivity contribution in [2.75, 3.05) is 11.6 Å². The standard InChI is InChI=1S/C20H25N3/c1-14-7-9-17(10-8-14)20-13-18(11-12-21)22-23(20)19-6-4-5-15(2)16(19)3/h4-10,20H,11-13,21H2,1-3H3. The monoisotopic (exact) mass is 307 g/mol. The fourth-order valence-corrected chi connectivity index (χ4v) is 3.14. The van der Waals surface area contributed by atoms with Crippen LogP contribution in [0.2, 0.25) is 0 Å². The first-order valence-electron chi connectivity index (χ1n) is 8.28. The number of hydrazone groups is 1. The maximum atomic E-state index is 5.75. The molecule has 1 atom stereocenters. The predicted molar refractivity (Wildman–Crippen MR) is 98.0 cm³/mol. The first-order chi connectivity index (χ1) is 11.1. The molecule has 1 heterocycles. The Kier molecular flexibility index (Phi) is 4.49. The van der Waals surface area contributed by atoms with Gasteiger partial charge in [0.2, 0.25) is 0 Å². The highest BCUT2D eigenvalue weighted by molar-refractivity contribution is 5.89. The molecule has 1 aliphatic heterocycles. The minimum absolute atomic E-state index is 0.262. The summed E-state index contributed by atoms with van der Waals surface area (Å²) in [5, 5.41) is 7.09. The van der Waals surface area contributed by atoms with E-state index < -0.39 is 0 Å². The van der Waals surface area contributed by atoms with Gasteiger partial charge in [-0.3, -0.25) is 5.01 Å². The predicted octanol–water partition coefficient (Wildman–Crippen LogP) is 4.27. The van der Waals surface area contributed by atoms with Crippen LogP contribution in [-0.4, -0.2) is 12.3 Å². The average molecular weight is 307 g/mol. The number of hydrogen-bond acceptors (Lipinski definition) is 3. The zero-order valence-corrected chi connectivity index (χ0v) is 14.2. The first kappa shape index (κ1) is 15.8. The Morgan fingerprint density at radius 2 is 1.83 bits per heavy atom. The van der Waals surface area contributed by atoms with Gasteiger partial charge in [0.15, 0.2) is 0 Å². The van der Waals surface area contributed by atoms with Gasteiger partial charge in [0.25, 0.3) is 0 Å². The molecule has 2 N–H and O–H groups in total. The molecule has 0 aromatic heterocycles. The van der Waals surface area contributed by atoms with Crippen LogP contribution < -0.4 is 10.7 Å². The number of hydrogen-bond donors (Lipinski definition) is 1. The van der Waals surface area contributed by atoms with Crippen LogP contribution >= 0.6 is 0 Å². The summed E-state index contributed by atoms with van der Waals surface area (Å²) in [5.41, 5.74) is 13.3. The van der Waals surface area contributed by atoms with Gasteiger partial charge in [-0.15, -0.1) is 0 Å². The van der Waals surface area contributed by atoms with E-state index in [0.717, 1.165) is 12.8 Å². The largest absolute Gasteiger partial charge is 0.330 e. The van der Waals surface area contributed by atoms with Gasteiger partial charge in [-0.2, -0.15) is 5.10 Å². The number of rotatable bonds is 4. The summed E-state index contributed by atoms with van der Waals surface area (Å²) in [7, 11) is 0. The third-order valence-corrected chi connectivity index (χ3v) is 4.69. The molecule has 23 heavy (non-hydrogen) atoms. The third kappa shape index (κ3) is 3.15. The summed E-state index contributed by atoms with van der Waals surface area (Å²) in [6, 6.07) is 15.5. The molecule has 0 amide bonds. The molecule has 0 aliphatic carbocycles. The van der Waals surface area contributed by atoms with E-state index in [1.807, 2.05) is 0 Å². The molecule has 3 rings (SSSR count).